The fourth-order valence-electron chi connectivity index (χ4n) is 2.42. The summed E-state index contributed by atoms with van der Waals surface area (Å²) in [6, 6.07) is 0. The highest BCUT2D eigenvalue weighted by Crippen LogP contribution is 2.27. The highest BCUT2D eigenvalue weighted by molar-refractivity contribution is 9.10. The van der Waals surface area contributed by atoms with Crippen LogP contribution in [-0.4, -0.2) is 20.0 Å². The molecule has 112 valence electrons. The lowest BCUT2D eigenvalue weighted by Crippen LogP contribution is -2.30. The Morgan fingerprint density at radius 1 is 1.48 bits per heavy atom. The summed E-state index contributed by atoms with van der Waals surface area (Å²) in [5.41, 5.74) is 2.54. The van der Waals surface area contributed by atoms with Crippen LogP contribution in [0.2, 0.25) is 0 Å². The molecule has 2 heterocycles. The van der Waals surface area contributed by atoms with Gasteiger partial charge in [-0.2, -0.15) is 10.2 Å². The SMILES string of the molecule is Cc1[nH]ncc1CNc1c(Br)cnn(CC2CCC2)c1=O. The molecule has 7 heteroatoms. The van der Waals surface area contributed by atoms with Crippen LogP contribution in [0.3, 0.4) is 0 Å². The molecule has 2 N–H and O–H groups in total. The van der Waals surface area contributed by atoms with E-state index in [1.807, 2.05) is 6.92 Å². The minimum absolute atomic E-state index is 0.0718. The molecule has 1 aliphatic carbocycles. The number of H-pyrrole nitrogens is 1. The number of aryl methyl sites for hydroxylation is 1. The molecule has 21 heavy (non-hydrogen) atoms. The van der Waals surface area contributed by atoms with Gasteiger partial charge in [0.15, 0.2) is 0 Å². The monoisotopic (exact) mass is 351 g/mol. The van der Waals surface area contributed by atoms with Gasteiger partial charge in [0.05, 0.1) is 16.9 Å². The molecular weight excluding hydrogens is 334 g/mol. The first-order chi connectivity index (χ1) is 10.1. The number of nitrogens with zero attached hydrogens (tertiary/aromatic N) is 3. The molecule has 0 saturated heterocycles. The Hall–Kier alpha value is -1.63. The first-order valence-electron chi connectivity index (χ1n) is 7.13. The van der Waals surface area contributed by atoms with Gasteiger partial charge in [-0.1, -0.05) is 6.42 Å². The quantitative estimate of drug-likeness (QED) is 0.867. The molecule has 1 saturated carbocycles. The van der Waals surface area contributed by atoms with Gasteiger partial charge in [0.25, 0.3) is 5.56 Å². The van der Waals surface area contributed by atoms with Crippen LogP contribution in [-0.2, 0) is 13.1 Å². The Morgan fingerprint density at radius 2 is 2.29 bits per heavy atom. The molecule has 0 spiro atoms. The van der Waals surface area contributed by atoms with Crippen LogP contribution in [0.15, 0.2) is 21.7 Å². The Labute approximate surface area is 131 Å². The molecule has 0 bridgehead atoms. The largest absolute Gasteiger partial charge is 0.375 e. The lowest BCUT2D eigenvalue weighted by molar-refractivity contribution is 0.262. The van der Waals surface area contributed by atoms with Crippen LogP contribution in [0.5, 0.6) is 0 Å². The summed E-state index contributed by atoms with van der Waals surface area (Å²) in [4.78, 5) is 12.5. The molecule has 1 fully saturated rings. The van der Waals surface area contributed by atoms with E-state index >= 15 is 0 Å². The predicted molar refractivity (Wildman–Crippen MR) is 84.2 cm³/mol. The van der Waals surface area contributed by atoms with Crippen molar-refractivity contribution in [2.75, 3.05) is 5.32 Å². The van der Waals surface area contributed by atoms with E-state index in [4.69, 9.17) is 0 Å². The predicted octanol–water partition coefficient (Wildman–Crippen LogP) is 2.45. The molecule has 3 rings (SSSR count). The van der Waals surface area contributed by atoms with Crippen molar-refractivity contribution >= 4 is 21.6 Å². The van der Waals surface area contributed by atoms with Gasteiger partial charge >= 0.3 is 0 Å². The first kappa shape index (κ1) is 14.3. The van der Waals surface area contributed by atoms with E-state index in [9.17, 15) is 4.79 Å². The van der Waals surface area contributed by atoms with Crippen molar-refractivity contribution in [1.82, 2.24) is 20.0 Å². The van der Waals surface area contributed by atoms with Crippen molar-refractivity contribution in [3.05, 3.63) is 38.5 Å². The summed E-state index contributed by atoms with van der Waals surface area (Å²) in [6.07, 6.45) is 7.11. The Morgan fingerprint density at radius 3 is 2.90 bits per heavy atom. The van der Waals surface area contributed by atoms with Crippen molar-refractivity contribution < 1.29 is 0 Å². The minimum atomic E-state index is -0.0718. The number of hydrogen-bond acceptors (Lipinski definition) is 4. The Bertz CT molecular complexity index is 689. The molecule has 2 aromatic rings. The van der Waals surface area contributed by atoms with Crippen LogP contribution in [0.1, 0.15) is 30.5 Å². The number of anilines is 1. The maximum absolute atomic E-state index is 12.5. The van der Waals surface area contributed by atoms with Gasteiger partial charge in [-0.15, -0.1) is 0 Å². The van der Waals surface area contributed by atoms with Crippen LogP contribution >= 0.6 is 15.9 Å². The second-order valence-corrected chi connectivity index (χ2v) is 6.38. The van der Waals surface area contributed by atoms with Gasteiger partial charge in [-0.25, -0.2) is 4.68 Å². The Balaban J connectivity index is 1.78. The summed E-state index contributed by atoms with van der Waals surface area (Å²) in [6.45, 7) is 3.23. The van der Waals surface area contributed by atoms with Crippen LogP contribution in [0.4, 0.5) is 5.69 Å². The van der Waals surface area contributed by atoms with E-state index in [0.717, 1.165) is 11.3 Å². The Kier molecular flexibility index (Phi) is 4.10. The zero-order chi connectivity index (χ0) is 14.8. The standard InChI is InChI=1S/C14H18BrN5O/c1-9-11(6-17-19-9)5-16-13-12(15)7-18-20(14(13)21)8-10-3-2-4-10/h6-7,10,16H,2-5,8H2,1H3,(H,17,19). The van der Waals surface area contributed by atoms with Crippen LogP contribution < -0.4 is 10.9 Å². The minimum Gasteiger partial charge on any atom is -0.375 e. The number of halogens is 1. The number of aromatic amines is 1. The van der Waals surface area contributed by atoms with Gasteiger partial charge in [0.2, 0.25) is 0 Å². The third-order valence-electron chi connectivity index (χ3n) is 4.04. The van der Waals surface area contributed by atoms with Crippen molar-refractivity contribution in [2.45, 2.75) is 39.3 Å². The third-order valence-corrected chi connectivity index (χ3v) is 4.64. The summed E-state index contributed by atoms with van der Waals surface area (Å²) in [5.74, 6) is 0.598. The third kappa shape index (κ3) is 3.02. The van der Waals surface area contributed by atoms with Gasteiger partial charge < -0.3 is 5.32 Å². The van der Waals surface area contributed by atoms with E-state index < -0.39 is 0 Å². The molecule has 2 aromatic heterocycles. The van der Waals surface area contributed by atoms with Crippen molar-refractivity contribution in [2.24, 2.45) is 5.92 Å². The maximum atomic E-state index is 12.5. The average molecular weight is 352 g/mol. The van der Waals surface area contributed by atoms with Gasteiger partial charge in [0, 0.05) is 24.3 Å². The lowest BCUT2D eigenvalue weighted by atomic mass is 9.85. The van der Waals surface area contributed by atoms with Gasteiger partial charge in [0.1, 0.15) is 5.69 Å². The van der Waals surface area contributed by atoms with Gasteiger partial charge in [-0.3, -0.25) is 9.89 Å². The zero-order valence-electron chi connectivity index (χ0n) is 11.9. The summed E-state index contributed by atoms with van der Waals surface area (Å²) < 4.78 is 2.26. The molecule has 0 unspecified atom stereocenters. The molecule has 1 aliphatic rings. The fourth-order valence-corrected chi connectivity index (χ4v) is 2.82. The fraction of sp³-hybridized carbons (Fsp3) is 0.500. The normalized spacial score (nSPS) is 15.0. The second kappa shape index (κ2) is 6.01. The summed E-state index contributed by atoms with van der Waals surface area (Å²) >= 11 is 3.40. The smallest absolute Gasteiger partial charge is 0.291 e. The topological polar surface area (TPSA) is 75.6 Å². The molecule has 0 aromatic carbocycles. The second-order valence-electron chi connectivity index (χ2n) is 5.53. The molecule has 0 radical (unpaired) electrons. The maximum Gasteiger partial charge on any atom is 0.291 e. The van der Waals surface area contributed by atoms with E-state index in [1.54, 1.807) is 17.1 Å². The first-order valence-corrected chi connectivity index (χ1v) is 7.93. The number of hydrogen-bond donors (Lipinski definition) is 2. The molecular formula is C14H18BrN5O. The number of nitrogens with one attached hydrogen (secondary N) is 2. The van der Waals surface area contributed by atoms with E-state index in [0.29, 0.717) is 29.2 Å². The summed E-state index contributed by atoms with van der Waals surface area (Å²) in [5, 5.41) is 14.3. The van der Waals surface area contributed by atoms with Crippen LogP contribution in [0, 0.1) is 12.8 Å². The van der Waals surface area contributed by atoms with Crippen molar-refractivity contribution in [3.63, 3.8) is 0 Å². The number of aromatic nitrogens is 4. The van der Waals surface area contributed by atoms with E-state index in [2.05, 4.69) is 36.5 Å². The number of rotatable bonds is 5. The van der Waals surface area contributed by atoms with E-state index in [-0.39, 0.29) is 5.56 Å². The highest BCUT2D eigenvalue weighted by atomic mass is 79.9. The molecule has 0 amide bonds. The van der Waals surface area contributed by atoms with E-state index in [1.165, 1.54) is 19.3 Å². The van der Waals surface area contributed by atoms with Gasteiger partial charge in [-0.05, 0) is 41.6 Å². The molecule has 0 atom stereocenters. The summed E-state index contributed by atoms with van der Waals surface area (Å²) in [7, 11) is 0. The zero-order valence-corrected chi connectivity index (χ0v) is 13.5. The molecule has 0 aliphatic heterocycles. The van der Waals surface area contributed by atoms with Crippen molar-refractivity contribution in [1.29, 1.82) is 0 Å². The average Bonchev–Trinajstić information content (AvgIpc) is 2.81. The van der Waals surface area contributed by atoms with Crippen molar-refractivity contribution in [3.8, 4) is 0 Å². The van der Waals surface area contributed by atoms with Crippen LogP contribution in [0.25, 0.3) is 0 Å². The highest BCUT2D eigenvalue weighted by Gasteiger charge is 2.20. The molecule has 6 nitrogen and oxygen atoms in total. The lowest BCUT2D eigenvalue weighted by Gasteiger charge is -2.25.